The minimum Gasteiger partial charge on any atom is -0.464 e. The summed E-state index contributed by atoms with van der Waals surface area (Å²) in [5, 5.41) is 4.75. The molecule has 0 fully saturated rings. The van der Waals surface area contributed by atoms with Gasteiger partial charge in [-0.05, 0) is 121 Å². The van der Waals surface area contributed by atoms with Crippen molar-refractivity contribution in [2.45, 2.75) is 78.6 Å². The van der Waals surface area contributed by atoms with Crippen LogP contribution >= 0.6 is 22.7 Å². The first-order chi connectivity index (χ1) is 39.1. The van der Waals surface area contributed by atoms with E-state index in [1.165, 1.54) is 74.6 Å². The summed E-state index contributed by atoms with van der Waals surface area (Å²) in [7, 11) is 0. The van der Waals surface area contributed by atoms with Crippen molar-refractivity contribution < 1.29 is 8.83 Å². The van der Waals surface area contributed by atoms with Crippen LogP contribution in [0.4, 0.5) is 34.1 Å². The Morgan fingerprint density at radius 3 is 1.17 bits per heavy atom. The van der Waals surface area contributed by atoms with Gasteiger partial charge >= 0.3 is 0 Å². The monoisotopic (exact) mass is 1080 g/mol. The second-order valence-electron chi connectivity index (χ2n) is 25.3. The zero-order valence-electron chi connectivity index (χ0n) is 47.2. The molecule has 6 heterocycles. The van der Waals surface area contributed by atoms with Gasteiger partial charge in [-0.2, -0.15) is 0 Å². The number of rotatable bonds is 6. The Bertz CT molecular complexity index is 4380. The molecule has 0 radical (unpaired) electrons. The molecule has 15 rings (SSSR count). The molecule has 2 aliphatic heterocycles. The van der Waals surface area contributed by atoms with E-state index in [0.29, 0.717) is 0 Å². The Balaban J connectivity index is 1.11. The molecule has 0 atom stereocenters. The molecule has 7 heteroatoms. The SMILES string of the molecule is CC(C)(C)c1cc2c3c(c1)N(c1cc(-c4coc5ccccc45)ccc1-c1ccccc1)c1c(sc4ccc(C(C)(C)C)cc14)B3c1sc3ccc(C(C)(C)C)cc3c1N2c1cc(-c2coc3ccccc23)ccc1-c1ccccc1. The first-order valence-corrected chi connectivity index (χ1v) is 29.9. The molecule has 9 aromatic carbocycles. The second-order valence-corrected chi connectivity index (χ2v) is 27.5. The minimum absolute atomic E-state index is 0.0742. The number of anilines is 6. The topological polar surface area (TPSA) is 32.8 Å². The first kappa shape index (κ1) is 49.7. The van der Waals surface area contributed by atoms with Crippen LogP contribution in [0.5, 0.6) is 0 Å². The fourth-order valence-corrected chi connectivity index (χ4v) is 15.4. The highest BCUT2D eigenvalue weighted by Gasteiger charge is 2.48. The molecule has 0 amide bonds. The minimum atomic E-state index is -0.245. The number of hydrogen-bond acceptors (Lipinski definition) is 6. The van der Waals surface area contributed by atoms with Crippen molar-refractivity contribution in [3.8, 4) is 44.5 Å². The molecule has 13 aromatic rings. The van der Waals surface area contributed by atoms with Crippen molar-refractivity contribution in [2.24, 2.45) is 0 Å². The van der Waals surface area contributed by atoms with Crippen LogP contribution in [0.1, 0.15) is 79.0 Å². The summed E-state index contributed by atoms with van der Waals surface area (Å²) in [6, 6.07) is 72.7. The molecule has 4 nitrogen and oxygen atoms in total. The van der Waals surface area contributed by atoms with E-state index in [1.807, 2.05) is 35.2 Å². The fraction of sp³-hybridized carbons (Fsp3) is 0.162. The third-order valence-corrected chi connectivity index (χ3v) is 19.5. The van der Waals surface area contributed by atoms with E-state index < -0.39 is 0 Å². The zero-order chi connectivity index (χ0) is 55.3. The van der Waals surface area contributed by atoms with Gasteiger partial charge in [0.1, 0.15) is 11.2 Å². The van der Waals surface area contributed by atoms with Gasteiger partial charge < -0.3 is 18.6 Å². The highest BCUT2D eigenvalue weighted by Crippen LogP contribution is 2.55. The summed E-state index contributed by atoms with van der Waals surface area (Å²) in [5.74, 6) is 0. The molecule has 81 heavy (non-hydrogen) atoms. The van der Waals surface area contributed by atoms with Crippen molar-refractivity contribution in [2.75, 3.05) is 9.80 Å². The number of furan rings is 2. The lowest BCUT2D eigenvalue weighted by Gasteiger charge is -2.44. The van der Waals surface area contributed by atoms with Gasteiger partial charge in [-0.3, -0.25) is 0 Å². The van der Waals surface area contributed by atoms with Gasteiger partial charge in [0, 0.05) is 74.1 Å². The molecule has 0 saturated carbocycles. The number of thiophene rings is 2. The Kier molecular flexibility index (Phi) is 11.1. The zero-order valence-corrected chi connectivity index (χ0v) is 48.9. The predicted octanol–water partition coefficient (Wildman–Crippen LogP) is 20.3. The number of fused-ring (bicyclic) bond motifs is 10. The van der Waals surface area contributed by atoms with Gasteiger partial charge in [0.2, 0.25) is 0 Å². The standard InChI is InChI=1S/C74H61BN2O2S2/c1-72(2,3)48-30-34-65-55(38-48)68-70(80-65)75-67-61(76(68)59-36-46(28-32-51(59)44-20-12-10-13-21-44)57-42-78-63-26-18-16-24-53(57)63)40-50(74(7,8)9)41-62(67)77(69-56-39-49(73(4,5)6)31-35-66(56)81-71(69)75)60-37-47(29-33-52(60)45-22-14-11-15-23-45)58-43-79-64-27-19-17-25-54(58)64/h10-43H,1-9H3. The summed E-state index contributed by atoms with van der Waals surface area (Å²) < 4.78 is 17.9. The average Bonchev–Trinajstić information content (AvgIpc) is 4.45. The normalized spacial score (nSPS) is 13.4. The summed E-state index contributed by atoms with van der Waals surface area (Å²) in [6.07, 6.45) is 3.89. The molecule has 4 aromatic heterocycles. The van der Waals surface area contributed by atoms with Crippen molar-refractivity contribution in [3.05, 3.63) is 223 Å². The number of benzene rings is 9. The third kappa shape index (κ3) is 7.91. The van der Waals surface area contributed by atoms with Crippen LogP contribution in [0.2, 0.25) is 0 Å². The number of para-hydroxylation sites is 2. The summed E-state index contributed by atoms with van der Waals surface area (Å²) in [6.45, 7) is 21.1. The van der Waals surface area contributed by atoms with Gasteiger partial charge in [-0.1, -0.05) is 196 Å². The molecule has 394 valence electrons. The number of nitrogens with zero attached hydrogens (tertiary/aromatic N) is 2. The van der Waals surface area contributed by atoms with Crippen molar-refractivity contribution >= 4 is 121 Å². The van der Waals surface area contributed by atoms with Gasteiger partial charge in [0.05, 0.1) is 35.3 Å². The summed E-state index contributed by atoms with van der Waals surface area (Å²) in [5.41, 5.74) is 22.7. The van der Waals surface area contributed by atoms with E-state index in [1.54, 1.807) is 0 Å². The molecule has 0 bridgehead atoms. The van der Waals surface area contributed by atoms with Gasteiger partial charge in [-0.15, -0.1) is 22.7 Å². The summed E-state index contributed by atoms with van der Waals surface area (Å²) in [4.78, 5) is 5.39. The maximum absolute atomic E-state index is 6.32. The first-order valence-electron chi connectivity index (χ1n) is 28.3. The highest BCUT2D eigenvalue weighted by atomic mass is 32.1. The van der Waals surface area contributed by atoms with Crippen LogP contribution in [-0.4, -0.2) is 6.71 Å². The van der Waals surface area contributed by atoms with Gasteiger partial charge in [0.15, 0.2) is 0 Å². The third-order valence-electron chi connectivity index (χ3n) is 17.1. The fourth-order valence-electron chi connectivity index (χ4n) is 12.7. The van der Waals surface area contributed by atoms with E-state index in [4.69, 9.17) is 8.83 Å². The molecule has 0 aliphatic carbocycles. The average molecular weight is 1090 g/mol. The lowest BCUT2D eigenvalue weighted by molar-refractivity contribution is 0.590. The van der Waals surface area contributed by atoms with Crippen LogP contribution in [0, 0.1) is 0 Å². The quantitative estimate of drug-likeness (QED) is 0.155. The smallest absolute Gasteiger partial charge is 0.277 e. The van der Waals surface area contributed by atoms with Crippen molar-refractivity contribution in [1.82, 2.24) is 0 Å². The van der Waals surface area contributed by atoms with Crippen molar-refractivity contribution in [1.29, 1.82) is 0 Å². The molecule has 0 saturated heterocycles. The van der Waals surface area contributed by atoms with E-state index in [0.717, 1.165) is 77.8 Å². The number of hydrogen-bond donors (Lipinski definition) is 0. The van der Waals surface area contributed by atoms with Crippen LogP contribution in [-0.2, 0) is 16.2 Å². The Labute approximate surface area is 482 Å². The highest BCUT2D eigenvalue weighted by molar-refractivity contribution is 7.40. The molecule has 0 N–H and O–H groups in total. The Morgan fingerprint density at radius 1 is 0.346 bits per heavy atom. The second kappa shape index (κ2) is 18.1. The van der Waals surface area contributed by atoms with Crippen LogP contribution < -0.4 is 24.8 Å². The lowest BCUT2D eigenvalue weighted by atomic mass is 9.39. The lowest BCUT2D eigenvalue weighted by Crippen LogP contribution is -2.59. The maximum atomic E-state index is 6.32. The van der Waals surface area contributed by atoms with Crippen LogP contribution in [0.3, 0.4) is 0 Å². The van der Waals surface area contributed by atoms with Gasteiger partial charge in [0.25, 0.3) is 6.71 Å². The maximum Gasteiger partial charge on any atom is 0.277 e. The largest absolute Gasteiger partial charge is 0.464 e. The predicted molar refractivity (Wildman–Crippen MR) is 349 cm³/mol. The molecular formula is C74H61BN2O2S2. The molecule has 0 unspecified atom stereocenters. The molecular weight excluding hydrogens is 1020 g/mol. The Hall–Kier alpha value is -8.36. The summed E-state index contributed by atoms with van der Waals surface area (Å²) >= 11 is 3.94. The van der Waals surface area contributed by atoms with Crippen LogP contribution in [0.15, 0.2) is 215 Å². The van der Waals surface area contributed by atoms with E-state index >= 15 is 0 Å². The van der Waals surface area contributed by atoms with E-state index in [9.17, 15) is 0 Å². The van der Waals surface area contributed by atoms with E-state index in [-0.39, 0.29) is 23.0 Å². The van der Waals surface area contributed by atoms with Crippen molar-refractivity contribution in [3.63, 3.8) is 0 Å². The van der Waals surface area contributed by atoms with Crippen LogP contribution in [0.25, 0.3) is 86.6 Å². The van der Waals surface area contributed by atoms with Gasteiger partial charge in [-0.25, -0.2) is 0 Å². The Morgan fingerprint density at radius 2 is 0.753 bits per heavy atom. The molecule has 2 aliphatic rings. The molecule has 0 spiro atoms. The van der Waals surface area contributed by atoms with E-state index in [2.05, 4.69) is 266 Å².